The molecule has 0 N–H and O–H groups in total. The van der Waals surface area contributed by atoms with Gasteiger partial charge in [-0.2, -0.15) is 0 Å². The predicted octanol–water partition coefficient (Wildman–Crippen LogP) is 2.92. The van der Waals surface area contributed by atoms with Crippen molar-refractivity contribution in [1.29, 1.82) is 0 Å². The molecule has 0 spiro atoms. The van der Waals surface area contributed by atoms with Gasteiger partial charge in [-0.1, -0.05) is 0 Å². The number of carbonyl (C=O) groups is 1. The van der Waals surface area contributed by atoms with Crippen molar-refractivity contribution in [3.8, 4) is 0 Å². The smallest absolute Gasteiger partial charge is 0.253 e. The molecule has 3 rings (SSSR count). The fourth-order valence-corrected chi connectivity index (χ4v) is 3.88. The van der Waals surface area contributed by atoms with E-state index in [0.29, 0.717) is 5.92 Å². The maximum Gasteiger partial charge on any atom is 0.253 e. The normalized spacial score (nSPS) is 17.2. The van der Waals surface area contributed by atoms with Crippen molar-refractivity contribution in [2.75, 3.05) is 52.7 Å². The number of benzene rings is 1. The third-order valence-corrected chi connectivity index (χ3v) is 5.46. The van der Waals surface area contributed by atoms with Gasteiger partial charge in [0, 0.05) is 63.3 Å². The summed E-state index contributed by atoms with van der Waals surface area (Å²) < 4.78 is 2.27. The Morgan fingerprint density at radius 2 is 1.93 bits per heavy atom. The Kier molecular flexibility index (Phi) is 6.73. The highest BCUT2D eigenvalue weighted by Gasteiger charge is 2.28. The summed E-state index contributed by atoms with van der Waals surface area (Å²) in [7, 11) is 8.22. The second-order valence-electron chi connectivity index (χ2n) is 8.17. The number of piperidine rings is 1. The fraction of sp³-hybridized carbons (Fsp3) is 0.545. The highest BCUT2D eigenvalue weighted by atomic mass is 16.2. The van der Waals surface area contributed by atoms with Crippen LogP contribution in [-0.4, -0.2) is 73.1 Å². The molecule has 2 heterocycles. The molecule has 1 amide bonds. The van der Waals surface area contributed by atoms with Gasteiger partial charge in [0.25, 0.3) is 5.91 Å². The Hall–Kier alpha value is -2.34. The van der Waals surface area contributed by atoms with Crippen LogP contribution in [0.5, 0.6) is 0 Å². The van der Waals surface area contributed by atoms with E-state index in [9.17, 15) is 4.79 Å². The molecule has 1 aromatic heterocycles. The summed E-state index contributed by atoms with van der Waals surface area (Å²) in [6.45, 7) is 3.62. The van der Waals surface area contributed by atoms with Crippen molar-refractivity contribution in [3.05, 3.63) is 48.0 Å². The zero-order chi connectivity index (χ0) is 20.1. The third-order valence-electron chi connectivity index (χ3n) is 5.46. The second kappa shape index (κ2) is 9.24. The number of likely N-dealkylation sites (tertiary alicyclic amines) is 1. The molecule has 0 saturated carbocycles. The number of hydrogen-bond acceptors (Lipinski definition) is 4. The predicted molar refractivity (Wildman–Crippen MR) is 114 cm³/mol. The number of amides is 1. The van der Waals surface area contributed by atoms with Crippen LogP contribution in [-0.2, 0) is 6.54 Å². The molecule has 152 valence electrons. The molecule has 1 aliphatic heterocycles. The first-order valence-electron chi connectivity index (χ1n) is 10.2. The van der Waals surface area contributed by atoms with E-state index < -0.39 is 0 Å². The van der Waals surface area contributed by atoms with Crippen molar-refractivity contribution in [1.82, 2.24) is 19.4 Å². The van der Waals surface area contributed by atoms with E-state index in [1.807, 2.05) is 54.4 Å². The van der Waals surface area contributed by atoms with Crippen LogP contribution in [0.15, 0.2) is 36.7 Å². The average Bonchev–Trinajstić information content (AvgIpc) is 3.16. The number of nitrogens with zero attached hydrogens (tertiary/aromatic N) is 5. The van der Waals surface area contributed by atoms with Crippen LogP contribution in [0, 0.1) is 0 Å². The van der Waals surface area contributed by atoms with Gasteiger partial charge in [-0.3, -0.25) is 4.79 Å². The zero-order valence-electron chi connectivity index (χ0n) is 17.6. The summed E-state index contributed by atoms with van der Waals surface area (Å²) >= 11 is 0. The van der Waals surface area contributed by atoms with Gasteiger partial charge in [-0.15, -0.1) is 0 Å². The molecular formula is C22H33N5O. The Balaban J connectivity index is 1.65. The van der Waals surface area contributed by atoms with Crippen LogP contribution in [0.25, 0.3) is 0 Å². The lowest BCUT2D eigenvalue weighted by Gasteiger charge is -2.33. The van der Waals surface area contributed by atoms with E-state index >= 15 is 0 Å². The van der Waals surface area contributed by atoms with Gasteiger partial charge in [0.2, 0.25) is 0 Å². The minimum absolute atomic E-state index is 0.126. The van der Waals surface area contributed by atoms with Gasteiger partial charge in [-0.05, 0) is 64.2 Å². The van der Waals surface area contributed by atoms with Gasteiger partial charge >= 0.3 is 0 Å². The lowest BCUT2D eigenvalue weighted by Crippen LogP contribution is -2.39. The Morgan fingerprint density at radius 1 is 1.18 bits per heavy atom. The van der Waals surface area contributed by atoms with Gasteiger partial charge in [0.15, 0.2) is 0 Å². The lowest BCUT2D eigenvalue weighted by atomic mass is 9.96. The van der Waals surface area contributed by atoms with E-state index in [1.165, 1.54) is 0 Å². The summed E-state index contributed by atoms with van der Waals surface area (Å²) in [6.07, 6.45) is 7.19. The zero-order valence-corrected chi connectivity index (χ0v) is 17.6. The lowest BCUT2D eigenvalue weighted by molar-refractivity contribution is 0.0703. The van der Waals surface area contributed by atoms with Gasteiger partial charge < -0.3 is 19.3 Å². The molecule has 6 nitrogen and oxygen atoms in total. The average molecular weight is 384 g/mol. The van der Waals surface area contributed by atoms with Crippen LogP contribution in [0.4, 0.5) is 5.69 Å². The van der Waals surface area contributed by atoms with Crippen molar-refractivity contribution in [3.63, 3.8) is 0 Å². The number of rotatable bonds is 7. The highest BCUT2D eigenvalue weighted by Crippen LogP contribution is 2.27. The molecule has 0 bridgehead atoms. The monoisotopic (exact) mass is 383 g/mol. The molecule has 0 aliphatic carbocycles. The van der Waals surface area contributed by atoms with Crippen LogP contribution < -0.4 is 4.90 Å². The Morgan fingerprint density at radius 3 is 2.61 bits per heavy atom. The molecule has 0 unspecified atom stereocenters. The Bertz CT molecular complexity index is 765. The van der Waals surface area contributed by atoms with Crippen LogP contribution >= 0.6 is 0 Å². The van der Waals surface area contributed by atoms with Gasteiger partial charge in [0.05, 0.1) is 0 Å². The maximum absolute atomic E-state index is 13.0. The van der Waals surface area contributed by atoms with E-state index in [2.05, 4.69) is 34.7 Å². The van der Waals surface area contributed by atoms with E-state index in [4.69, 9.17) is 0 Å². The van der Waals surface area contributed by atoms with E-state index in [0.717, 1.165) is 62.5 Å². The minimum Gasteiger partial charge on any atom is -0.378 e. The SMILES string of the molecule is CN(C)CCCn1ccnc1[C@@H]1CCCN(C(=O)c2ccc(N(C)C)cc2)C1. The number of hydrogen-bond donors (Lipinski definition) is 0. The standard InChI is InChI=1S/C22H33N5O/c1-24(2)13-6-15-26-16-12-23-21(26)19-7-5-14-27(17-19)22(28)18-8-10-20(11-9-18)25(3)4/h8-12,16,19H,5-7,13-15,17H2,1-4H3/t19-/m1/s1. The molecule has 2 aromatic rings. The van der Waals surface area contributed by atoms with Gasteiger partial charge in [0.1, 0.15) is 5.82 Å². The number of imidazole rings is 1. The number of aryl methyl sites for hydroxylation is 1. The van der Waals surface area contributed by atoms with Crippen molar-refractivity contribution in [2.45, 2.75) is 31.7 Å². The van der Waals surface area contributed by atoms with Crippen molar-refractivity contribution < 1.29 is 4.79 Å². The van der Waals surface area contributed by atoms with Crippen LogP contribution in [0.1, 0.15) is 41.4 Å². The molecule has 28 heavy (non-hydrogen) atoms. The second-order valence-corrected chi connectivity index (χ2v) is 8.17. The first-order valence-corrected chi connectivity index (χ1v) is 10.2. The first-order chi connectivity index (χ1) is 13.5. The summed E-state index contributed by atoms with van der Waals surface area (Å²) in [5, 5.41) is 0. The van der Waals surface area contributed by atoms with Crippen LogP contribution in [0.3, 0.4) is 0 Å². The summed E-state index contributed by atoms with van der Waals surface area (Å²) in [4.78, 5) is 23.9. The number of anilines is 1. The molecule has 1 saturated heterocycles. The summed E-state index contributed by atoms with van der Waals surface area (Å²) in [6, 6.07) is 7.88. The molecule has 1 aromatic carbocycles. The first kappa shape index (κ1) is 20.4. The van der Waals surface area contributed by atoms with Crippen molar-refractivity contribution >= 4 is 11.6 Å². The van der Waals surface area contributed by atoms with Gasteiger partial charge in [-0.25, -0.2) is 4.98 Å². The minimum atomic E-state index is 0.126. The summed E-state index contributed by atoms with van der Waals surface area (Å²) in [5.41, 5.74) is 1.87. The van der Waals surface area contributed by atoms with Crippen molar-refractivity contribution in [2.24, 2.45) is 0 Å². The summed E-state index contributed by atoms with van der Waals surface area (Å²) in [5.74, 6) is 1.56. The molecule has 0 radical (unpaired) electrons. The maximum atomic E-state index is 13.0. The number of carbonyl (C=O) groups excluding carboxylic acids is 1. The van der Waals surface area contributed by atoms with E-state index in [1.54, 1.807) is 0 Å². The molecular weight excluding hydrogens is 350 g/mol. The molecule has 1 fully saturated rings. The topological polar surface area (TPSA) is 44.6 Å². The fourth-order valence-electron chi connectivity index (χ4n) is 3.88. The highest BCUT2D eigenvalue weighted by molar-refractivity contribution is 5.94. The Labute approximate surface area is 168 Å². The molecule has 1 atom stereocenters. The third kappa shape index (κ3) is 4.93. The quantitative estimate of drug-likeness (QED) is 0.737. The molecule has 1 aliphatic rings. The largest absolute Gasteiger partial charge is 0.378 e. The van der Waals surface area contributed by atoms with Crippen LogP contribution in [0.2, 0.25) is 0 Å². The number of aromatic nitrogens is 2. The van der Waals surface area contributed by atoms with E-state index in [-0.39, 0.29) is 5.91 Å². The molecule has 6 heteroatoms.